The lowest BCUT2D eigenvalue weighted by atomic mass is 9.70. The number of benzene rings is 2. The molecular weight excluding hydrogens is 424 g/mol. The molecule has 3 rings (SSSR count). The van der Waals surface area contributed by atoms with E-state index in [1.165, 1.54) is 5.56 Å². The highest BCUT2D eigenvalue weighted by molar-refractivity contribution is 6.30. The van der Waals surface area contributed by atoms with Crippen LogP contribution in [0.1, 0.15) is 61.5 Å². The van der Waals surface area contributed by atoms with E-state index in [0.717, 1.165) is 11.4 Å². The summed E-state index contributed by atoms with van der Waals surface area (Å²) in [5.74, 6) is -0.0707. The van der Waals surface area contributed by atoms with Crippen LogP contribution in [0.25, 0.3) is 0 Å². The number of hydrogen-bond acceptors (Lipinski definition) is 3. The third-order valence-electron chi connectivity index (χ3n) is 6.40. The highest BCUT2D eigenvalue weighted by Gasteiger charge is 2.40. The first kappa shape index (κ1) is 24.3. The molecule has 6 heteroatoms. The van der Waals surface area contributed by atoms with Gasteiger partial charge in [0, 0.05) is 23.7 Å². The van der Waals surface area contributed by atoms with Crippen LogP contribution < -0.4 is 5.32 Å². The maximum Gasteiger partial charge on any atom is 0.251 e. The topological polar surface area (TPSA) is 69.6 Å². The van der Waals surface area contributed by atoms with E-state index in [4.69, 9.17) is 11.6 Å². The van der Waals surface area contributed by atoms with E-state index < -0.39 is 6.04 Å². The van der Waals surface area contributed by atoms with E-state index in [9.17, 15) is 14.7 Å². The molecule has 2 aromatic carbocycles. The zero-order valence-electron chi connectivity index (χ0n) is 19.3. The summed E-state index contributed by atoms with van der Waals surface area (Å²) in [6.07, 6.45) is 0.859. The Balaban J connectivity index is 1.72. The monoisotopic (exact) mass is 456 g/mol. The summed E-state index contributed by atoms with van der Waals surface area (Å²) < 4.78 is 0. The molecule has 2 aromatic rings. The lowest BCUT2D eigenvalue weighted by molar-refractivity contribution is -0.137. The molecule has 1 aliphatic heterocycles. The molecular formula is C26H33ClN2O3. The average molecular weight is 457 g/mol. The number of carbonyl (C=O) groups is 2. The van der Waals surface area contributed by atoms with Crippen LogP contribution in [-0.2, 0) is 11.4 Å². The van der Waals surface area contributed by atoms with Crippen molar-refractivity contribution in [2.45, 2.75) is 52.7 Å². The predicted molar refractivity (Wildman–Crippen MR) is 128 cm³/mol. The Hall–Kier alpha value is -2.37. The van der Waals surface area contributed by atoms with Gasteiger partial charge in [-0.15, -0.1) is 0 Å². The second-order valence-corrected chi connectivity index (χ2v) is 10.1. The maximum absolute atomic E-state index is 13.5. The molecule has 0 aliphatic carbocycles. The third-order valence-corrected chi connectivity index (χ3v) is 6.66. The molecule has 0 radical (unpaired) electrons. The molecule has 1 aliphatic rings. The van der Waals surface area contributed by atoms with Crippen LogP contribution >= 0.6 is 11.6 Å². The number of nitrogens with one attached hydrogen (secondary N) is 1. The molecule has 2 N–H and O–H groups in total. The number of rotatable bonds is 6. The largest absolute Gasteiger partial charge is 0.392 e. The summed E-state index contributed by atoms with van der Waals surface area (Å²) in [6.45, 7) is 9.40. The van der Waals surface area contributed by atoms with Gasteiger partial charge in [0.2, 0.25) is 5.91 Å². The Morgan fingerprint density at radius 1 is 1.19 bits per heavy atom. The molecule has 2 amide bonds. The predicted octanol–water partition coefficient (Wildman–Crippen LogP) is 4.63. The van der Waals surface area contributed by atoms with Crippen LogP contribution in [-0.4, -0.2) is 41.0 Å². The summed E-state index contributed by atoms with van der Waals surface area (Å²) in [4.78, 5) is 28.2. The van der Waals surface area contributed by atoms with Crippen molar-refractivity contribution >= 4 is 23.4 Å². The number of likely N-dealkylation sites (tertiary alicyclic amines) is 1. The highest BCUT2D eigenvalue weighted by atomic mass is 35.5. The first-order valence-corrected chi connectivity index (χ1v) is 11.5. The summed E-state index contributed by atoms with van der Waals surface area (Å²) in [5.41, 5.74) is 2.24. The van der Waals surface area contributed by atoms with Crippen molar-refractivity contribution < 1.29 is 14.7 Å². The van der Waals surface area contributed by atoms with Gasteiger partial charge in [-0.3, -0.25) is 9.59 Å². The van der Waals surface area contributed by atoms with Crippen molar-refractivity contribution in [3.8, 4) is 0 Å². The van der Waals surface area contributed by atoms with Gasteiger partial charge in [0.05, 0.1) is 6.61 Å². The van der Waals surface area contributed by atoms with Gasteiger partial charge in [0.15, 0.2) is 0 Å². The second kappa shape index (κ2) is 10.1. The van der Waals surface area contributed by atoms with E-state index in [2.05, 4.69) is 31.3 Å². The van der Waals surface area contributed by atoms with Crippen molar-refractivity contribution in [2.24, 2.45) is 11.3 Å². The lowest BCUT2D eigenvalue weighted by Gasteiger charge is -2.45. The number of aliphatic hydroxyl groups excluding tert-OH is 1. The molecule has 1 unspecified atom stereocenters. The summed E-state index contributed by atoms with van der Waals surface area (Å²) in [6, 6.07) is 14.2. The van der Waals surface area contributed by atoms with Crippen molar-refractivity contribution in [2.75, 3.05) is 13.1 Å². The van der Waals surface area contributed by atoms with Gasteiger partial charge < -0.3 is 15.3 Å². The van der Waals surface area contributed by atoms with Crippen LogP contribution in [0.3, 0.4) is 0 Å². The zero-order valence-corrected chi connectivity index (χ0v) is 20.0. The number of hydrogen-bond donors (Lipinski definition) is 2. The lowest BCUT2D eigenvalue weighted by Crippen LogP contribution is -2.55. The van der Waals surface area contributed by atoms with Gasteiger partial charge in [0.25, 0.3) is 5.91 Å². The summed E-state index contributed by atoms with van der Waals surface area (Å²) >= 11 is 6.05. The SMILES string of the molecule is CC(C)[C@@H](NC(=O)c1cccc(CO)c1)C(=O)N1CCC(c2ccc(Cl)cc2)C(C)(C)C1. The van der Waals surface area contributed by atoms with Gasteiger partial charge in [0.1, 0.15) is 6.04 Å². The molecule has 32 heavy (non-hydrogen) atoms. The fraction of sp³-hybridized carbons (Fsp3) is 0.462. The Morgan fingerprint density at radius 2 is 1.88 bits per heavy atom. The van der Waals surface area contributed by atoms with Gasteiger partial charge in [-0.05, 0) is 59.1 Å². The van der Waals surface area contributed by atoms with E-state index >= 15 is 0 Å². The molecule has 1 saturated heterocycles. The summed E-state index contributed by atoms with van der Waals surface area (Å²) in [7, 11) is 0. The van der Waals surface area contributed by atoms with Crippen LogP contribution in [0.4, 0.5) is 0 Å². The van der Waals surface area contributed by atoms with E-state index in [0.29, 0.717) is 30.1 Å². The summed E-state index contributed by atoms with van der Waals surface area (Å²) in [5, 5.41) is 13.0. The first-order chi connectivity index (χ1) is 15.1. The van der Waals surface area contributed by atoms with Crippen molar-refractivity contribution in [3.63, 3.8) is 0 Å². The molecule has 0 saturated carbocycles. The fourth-order valence-corrected chi connectivity index (χ4v) is 4.73. The highest BCUT2D eigenvalue weighted by Crippen LogP contribution is 2.42. The molecule has 0 bridgehead atoms. The quantitative estimate of drug-likeness (QED) is 0.665. The minimum absolute atomic E-state index is 0.0470. The van der Waals surface area contributed by atoms with Crippen LogP contribution in [0.15, 0.2) is 48.5 Å². The standard InChI is InChI=1S/C26H33ClN2O3/c1-17(2)23(28-24(31)20-7-5-6-18(14-20)15-30)25(32)29-13-12-22(26(3,4)16-29)19-8-10-21(27)11-9-19/h5-11,14,17,22-23,30H,12-13,15-16H2,1-4H3,(H,28,31)/t22?,23-/m1/s1. The normalized spacial score (nSPS) is 19.0. The number of aliphatic hydroxyl groups is 1. The molecule has 0 spiro atoms. The second-order valence-electron chi connectivity index (χ2n) is 9.69. The van der Waals surface area contributed by atoms with Crippen LogP contribution in [0.5, 0.6) is 0 Å². The Labute approximate surface area is 195 Å². The third kappa shape index (κ3) is 5.51. The van der Waals surface area contributed by atoms with E-state index in [1.807, 2.05) is 30.9 Å². The van der Waals surface area contributed by atoms with Gasteiger partial charge in [-0.1, -0.05) is 63.6 Å². The average Bonchev–Trinajstić information content (AvgIpc) is 2.76. The van der Waals surface area contributed by atoms with Gasteiger partial charge in [-0.2, -0.15) is 0 Å². The van der Waals surface area contributed by atoms with E-state index in [-0.39, 0.29) is 29.8 Å². The molecule has 5 nitrogen and oxygen atoms in total. The maximum atomic E-state index is 13.5. The molecule has 1 fully saturated rings. The van der Waals surface area contributed by atoms with Crippen molar-refractivity contribution in [1.82, 2.24) is 10.2 Å². The minimum atomic E-state index is -0.608. The Kier molecular flexibility index (Phi) is 7.63. The van der Waals surface area contributed by atoms with Crippen LogP contribution in [0, 0.1) is 11.3 Å². The van der Waals surface area contributed by atoms with Gasteiger partial charge in [-0.25, -0.2) is 0 Å². The fourth-order valence-electron chi connectivity index (χ4n) is 4.60. The first-order valence-electron chi connectivity index (χ1n) is 11.2. The Bertz CT molecular complexity index is 956. The van der Waals surface area contributed by atoms with Crippen molar-refractivity contribution in [1.29, 1.82) is 0 Å². The number of halogens is 1. The minimum Gasteiger partial charge on any atom is -0.392 e. The van der Waals surface area contributed by atoms with Crippen LogP contribution in [0.2, 0.25) is 5.02 Å². The molecule has 172 valence electrons. The van der Waals surface area contributed by atoms with Gasteiger partial charge >= 0.3 is 0 Å². The number of carbonyl (C=O) groups excluding carboxylic acids is 2. The molecule has 2 atom stereocenters. The molecule has 1 heterocycles. The smallest absolute Gasteiger partial charge is 0.251 e. The molecule has 0 aromatic heterocycles. The number of piperidine rings is 1. The van der Waals surface area contributed by atoms with Crippen molar-refractivity contribution in [3.05, 3.63) is 70.2 Å². The van der Waals surface area contributed by atoms with E-state index in [1.54, 1.807) is 24.3 Å². The number of nitrogens with zero attached hydrogens (tertiary/aromatic N) is 1. The zero-order chi connectivity index (χ0) is 23.5. The number of amides is 2. The Morgan fingerprint density at radius 3 is 2.47 bits per heavy atom.